The molecule has 1 aliphatic heterocycles. The molecule has 1 aromatic carbocycles. The second kappa shape index (κ2) is 4.96. The van der Waals surface area contributed by atoms with Gasteiger partial charge < -0.3 is 9.47 Å². The fraction of sp³-hybridized carbons (Fsp3) is 0.400. The second-order valence-corrected chi connectivity index (χ2v) is 7.38. The van der Waals surface area contributed by atoms with Crippen LogP contribution in [0, 0.1) is 18.8 Å². The van der Waals surface area contributed by atoms with Crippen LogP contribution in [-0.4, -0.2) is 27.8 Å². The third-order valence-electron chi connectivity index (χ3n) is 4.02. The Morgan fingerprint density at radius 1 is 1.24 bits per heavy atom. The minimum atomic E-state index is -3.55. The zero-order chi connectivity index (χ0) is 15.2. The molecule has 0 radical (unpaired) electrons. The minimum absolute atomic E-state index is 0.180. The fourth-order valence-electron chi connectivity index (χ4n) is 2.81. The van der Waals surface area contributed by atoms with Crippen LogP contribution in [0.3, 0.4) is 0 Å². The van der Waals surface area contributed by atoms with Gasteiger partial charge in [0, 0.05) is 12.0 Å². The van der Waals surface area contributed by atoms with E-state index in [0.29, 0.717) is 0 Å². The molecule has 3 atom stereocenters. The lowest BCUT2D eigenvalue weighted by molar-refractivity contribution is -0.161. The summed E-state index contributed by atoms with van der Waals surface area (Å²) in [6.45, 7) is 1.90. The Labute approximate surface area is 123 Å². The third kappa shape index (κ3) is 2.28. The number of sulfone groups is 1. The van der Waals surface area contributed by atoms with E-state index in [9.17, 15) is 13.2 Å². The van der Waals surface area contributed by atoms with Crippen LogP contribution in [0.1, 0.15) is 12.0 Å². The van der Waals surface area contributed by atoms with E-state index >= 15 is 0 Å². The molecule has 1 heterocycles. The van der Waals surface area contributed by atoms with E-state index in [4.69, 9.17) is 9.47 Å². The molecule has 0 amide bonds. The molecule has 3 rings (SSSR count). The van der Waals surface area contributed by atoms with Crippen LogP contribution >= 0.6 is 0 Å². The van der Waals surface area contributed by atoms with E-state index in [1.807, 2.05) is 6.92 Å². The second-order valence-electron chi connectivity index (χ2n) is 5.38. The summed E-state index contributed by atoms with van der Waals surface area (Å²) < 4.78 is 35.4. The van der Waals surface area contributed by atoms with E-state index in [1.165, 1.54) is 7.11 Å². The van der Waals surface area contributed by atoms with Crippen molar-refractivity contribution in [3.8, 4) is 0 Å². The molecule has 6 heteroatoms. The van der Waals surface area contributed by atoms with E-state index in [-0.39, 0.29) is 22.1 Å². The molecule has 1 aliphatic carbocycles. The highest BCUT2D eigenvalue weighted by Crippen LogP contribution is 2.43. The van der Waals surface area contributed by atoms with Crippen LogP contribution < -0.4 is 0 Å². The van der Waals surface area contributed by atoms with Gasteiger partial charge in [-0.05, 0) is 25.5 Å². The highest BCUT2D eigenvalue weighted by Gasteiger charge is 2.49. The van der Waals surface area contributed by atoms with Gasteiger partial charge in [-0.25, -0.2) is 8.42 Å². The molecule has 0 aromatic heterocycles. The smallest absolute Gasteiger partial charge is 0.312 e. The number of aryl methyl sites for hydroxylation is 1. The Hall–Kier alpha value is -1.66. The van der Waals surface area contributed by atoms with E-state index in [0.717, 1.165) is 5.56 Å². The van der Waals surface area contributed by atoms with Crippen LogP contribution in [0.4, 0.5) is 0 Å². The number of allylic oxidation sites excluding steroid dienone is 1. The van der Waals surface area contributed by atoms with Gasteiger partial charge in [0.25, 0.3) is 0 Å². The fourth-order valence-corrected chi connectivity index (χ4v) is 4.35. The SMILES string of the molecule is CO[C@H]1OC(=O)[C@@H]2CC(S(=O)(=O)c3ccc(C)cc3)=C[C@H]12. The van der Waals surface area contributed by atoms with E-state index in [1.54, 1.807) is 30.3 Å². The maximum absolute atomic E-state index is 12.6. The summed E-state index contributed by atoms with van der Waals surface area (Å²) in [6, 6.07) is 6.70. The first kappa shape index (κ1) is 14.3. The molecule has 1 aromatic rings. The van der Waals surface area contributed by atoms with Crippen molar-refractivity contribution >= 4 is 15.8 Å². The monoisotopic (exact) mass is 308 g/mol. The predicted octanol–water partition coefficient (Wildman–Crippen LogP) is 1.82. The molecular weight excluding hydrogens is 292 g/mol. The van der Waals surface area contributed by atoms with Crippen molar-refractivity contribution in [3.05, 3.63) is 40.8 Å². The van der Waals surface area contributed by atoms with Gasteiger partial charge in [-0.2, -0.15) is 0 Å². The molecule has 112 valence electrons. The third-order valence-corrected chi connectivity index (χ3v) is 5.91. The summed E-state index contributed by atoms with van der Waals surface area (Å²) in [5.41, 5.74) is 0.995. The number of hydrogen-bond donors (Lipinski definition) is 0. The van der Waals surface area contributed by atoms with Crippen LogP contribution in [0.25, 0.3) is 0 Å². The zero-order valence-corrected chi connectivity index (χ0v) is 12.6. The van der Waals surface area contributed by atoms with Crippen molar-refractivity contribution in [3.63, 3.8) is 0 Å². The Morgan fingerprint density at radius 3 is 2.52 bits per heavy atom. The van der Waals surface area contributed by atoms with Gasteiger partial charge in [0.05, 0.1) is 16.7 Å². The van der Waals surface area contributed by atoms with Crippen LogP contribution in [-0.2, 0) is 24.1 Å². The summed E-state index contributed by atoms with van der Waals surface area (Å²) in [5.74, 6) is -1.17. The molecule has 0 spiro atoms. The number of ether oxygens (including phenoxy) is 2. The summed E-state index contributed by atoms with van der Waals surface area (Å²) in [4.78, 5) is 12.3. The van der Waals surface area contributed by atoms with Gasteiger partial charge in [0.2, 0.25) is 16.1 Å². The highest BCUT2D eigenvalue weighted by molar-refractivity contribution is 7.95. The molecule has 21 heavy (non-hydrogen) atoms. The first-order valence-corrected chi connectivity index (χ1v) is 8.17. The average Bonchev–Trinajstić information content (AvgIpc) is 3.01. The first-order valence-electron chi connectivity index (χ1n) is 6.69. The molecular formula is C15H16O5S. The Morgan fingerprint density at radius 2 is 1.90 bits per heavy atom. The molecule has 5 nitrogen and oxygen atoms in total. The summed E-state index contributed by atoms with van der Waals surface area (Å²) in [7, 11) is -2.11. The van der Waals surface area contributed by atoms with Crippen molar-refractivity contribution < 1.29 is 22.7 Å². The maximum Gasteiger partial charge on any atom is 0.312 e. The Kier molecular flexibility index (Phi) is 3.37. The molecule has 0 unspecified atom stereocenters. The van der Waals surface area contributed by atoms with E-state index < -0.39 is 28.0 Å². The van der Waals surface area contributed by atoms with Crippen molar-refractivity contribution in [1.29, 1.82) is 0 Å². The number of benzene rings is 1. The van der Waals surface area contributed by atoms with Gasteiger partial charge in [-0.3, -0.25) is 4.79 Å². The van der Waals surface area contributed by atoms with Gasteiger partial charge in [-0.15, -0.1) is 0 Å². The number of cyclic esters (lactones) is 1. The van der Waals surface area contributed by atoms with Crippen molar-refractivity contribution in [2.75, 3.05) is 7.11 Å². The topological polar surface area (TPSA) is 69.7 Å². The zero-order valence-electron chi connectivity index (χ0n) is 11.8. The highest BCUT2D eigenvalue weighted by atomic mass is 32.2. The first-order chi connectivity index (χ1) is 9.93. The molecule has 0 N–H and O–H groups in total. The normalized spacial score (nSPS) is 28.2. The number of carbonyl (C=O) groups is 1. The summed E-state index contributed by atoms with van der Waals surface area (Å²) in [5, 5.41) is 0. The number of esters is 1. The molecule has 0 bridgehead atoms. The van der Waals surface area contributed by atoms with Crippen molar-refractivity contribution in [2.24, 2.45) is 11.8 Å². The number of methoxy groups -OCH3 is 1. The Balaban J connectivity index is 1.94. The molecule has 1 saturated heterocycles. The van der Waals surface area contributed by atoms with E-state index in [2.05, 4.69) is 0 Å². The van der Waals surface area contributed by atoms with Crippen LogP contribution in [0.15, 0.2) is 40.1 Å². The molecule has 2 aliphatic rings. The molecule has 0 saturated carbocycles. The average molecular weight is 308 g/mol. The number of rotatable bonds is 3. The van der Waals surface area contributed by atoms with Crippen LogP contribution in [0.2, 0.25) is 0 Å². The van der Waals surface area contributed by atoms with Gasteiger partial charge >= 0.3 is 5.97 Å². The lowest BCUT2D eigenvalue weighted by Crippen LogP contribution is -2.17. The number of fused-ring (bicyclic) bond motifs is 1. The minimum Gasteiger partial charge on any atom is -0.435 e. The van der Waals surface area contributed by atoms with Crippen molar-refractivity contribution in [2.45, 2.75) is 24.5 Å². The lowest BCUT2D eigenvalue weighted by Gasteiger charge is -2.11. The Bertz CT molecular complexity index is 702. The predicted molar refractivity (Wildman–Crippen MR) is 74.9 cm³/mol. The largest absolute Gasteiger partial charge is 0.435 e. The van der Waals surface area contributed by atoms with Gasteiger partial charge in [-0.1, -0.05) is 23.8 Å². The van der Waals surface area contributed by atoms with Crippen LogP contribution in [0.5, 0.6) is 0 Å². The van der Waals surface area contributed by atoms with Gasteiger partial charge in [0.1, 0.15) is 0 Å². The summed E-state index contributed by atoms with van der Waals surface area (Å²) in [6.07, 6.45) is 1.10. The lowest BCUT2D eigenvalue weighted by atomic mass is 9.98. The summed E-state index contributed by atoms with van der Waals surface area (Å²) >= 11 is 0. The maximum atomic E-state index is 12.6. The molecule has 1 fully saturated rings. The quantitative estimate of drug-likeness (QED) is 0.797. The number of hydrogen-bond acceptors (Lipinski definition) is 5. The number of carbonyl (C=O) groups excluding carboxylic acids is 1. The standard InChI is InChI=1S/C15H16O5S/c1-9-3-5-10(6-4-9)21(17,18)11-7-12-13(8-11)15(19-2)20-14(12)16/h3-6,8,12-13,15H,7H2,1-2H3/t12-,13+,15+/m1/s1. The van der Waals surface area contributed by atoms with Gasteiger partial charge in [0.15, 0.2) is 0 Å². The van der Waals surface area contributed by atoms with Crippen molar-refractivity contribution in [1.82, 2.24) is 0 Å².